The second kappa shape index (κ2) is 12.5. The molecule has 5 nitrogen and oxygen atoms in total. The molecule has 2 unspecified atom stereocenters. The number of rotatable bonds is 11. The summed E-state index contributed by atoms with van der Waals surface area (Å²) in [6, 6.07) is 27.3. The highest BCUT2D eigenvalue weighted by atomic mass is 35.5. The second-order valence-corrected chi connectivity index (χ2v) is 10.1. The monoisotopic (exact) mass is 530 g/mol. The summed E-state index contributed by atoms with van der Waals surface area (Å²) >= 11 is 5.82. The zero-order valence-electron chi connectivity index (χ0n) is 21.9. The molecule has 5 rings (SSSR count). The van der Waals surface area contributed by atoms with E-state index in [4.69, 9.17) is 21.1 Å². The van der Waals surface area contributed by atoms with Gasteiger partial charge in [0.05, 0.1) is 12.5 Å². The first-order chi connectivity index (χ1) is 18.7. The fraction of sp³-hybridized carbons (Fsp3) is 0.344. The Morgan fingerprint density at radius 1 is 1.03 bits per heavy atom. The van der Waals surface area contributed by atoms with Crippen LogP contribution in [0.3, 0.4) is 0 Å². The van der Waals surface area contributed by atoms with Gasteiger partial charge in [-0.25, -0.2) is 4.79 Å². The van der Waals surface area contributed by atoms with Crippen LogP contribution in [0.15, 0.2) is 78.9 Å². The number of nitrogens with one attached hydrogen (secondary N) is 1. The summed E-state index contributed by atoms with van der Waals surface area (Å²) in [4.78, 5) is 13.7. The normalized spacial score (nSPS) is 16.0. The average molecular weight is 531 g/mol. The van der Waals surface area contributed by atoms with E-state index in [0.717, 1.165) is 52.9 Å². The maximum atomic E-state index is 13.7. The molecule has 0 amide bonds. The predicted octanol–water partition coefficient (Wildman–Crippen LogP) is 6.76. The molecule has 1 saturated heterocycles. The SMILES string of the molecule is CCOC(=O)c1c(C(c2ccccc2)c2ccc(OCCCl)cc2)c2ccccc2n1CCC1CCCN1. The minimum atomic E-state index is -0.277. The number of nitrogens with zero attached hydrogens (tertiary/aromatic N) is 1. The number of benzene rings is 3. The van der Waals surface area contributed by atoms with Crippen molar-refractivity contribution in [2.45, 2.75) is 44.7 Å². The van der Waals surface area contributed by atoms with Gasteiger partial charge >= 0.3 is 5.97 Å². The molecule has 0 bridgehead atoms. The van der Waals surface area contributed by atoms with Gasteiger partial charge in [0, 0.05) is 35.0 Å². The van der Waals surface area contributed by atoms with Crippen molar-refractivity contribution in [1.29, 1.82) is 0 Å². The molecular weight excluding hydrogens is 496 g/mol. The van der Waals surface area contributed by atoms with E-state index >= 15 is 0 Å². The first-order valence-electron chi connectivity index (χ1n) is 13.6. The van der Waals surface area contributed by atoms with E-state index in [9.17, 15) is 4.79 Å². The number of alkyl halides is 1. The van der Waals surface area contributed by atoms with Crippen LogP contribution in [0.1, 0.15) is 59.3 Å². The topological polar surface area (TPSA) is 52.5 Å². The lowest BCUT2D eigenvalue weighted by molar-refractivity contribution is 0.0512. The molecule has 0 saturated carbocycles. The van der Waals surface area contributed by atoms with Crippen LogP contribution in [0.25, 0.3) is 10.9 Å². The van der Waals surface area contributed by atoms with Gasteiger partial charge in [-0.1, -0.05) is 60.7 Å². The first kappa shape index (κ1) is 26.3. The largest absolute Gasteiger partial charge is 0.492 e. The Morgan fingerprint density at radius 3 is 2.47 bits per heavy atom. The van der Waals surface area contributed by atoms with Crippen LogP contribution in [0.5, 0.6) is 5.75 Å². The molecule has 38 heavy (non-hydrogen) atoms. The highest BCUT2D eigenvalue weighted by Crippen LogP contribution is 2.41. The van der Waals surface area contributed by atoms with Gasteiger partial charge in [0.1, 0.15) is 18.1 Å². The van der Waals surface area contributed by atoms with Gasteiger partial charge in [-0.2, -0.15) is 0 Å². The maximum absolute atomic E-state index is 13.7. The van der Waals surface area contributed by atoms with Crippen molar-refractivity contribution in [1.82, 2.24) is 9.88 Å². The summed E-state index contributed by atoms with van der Waals surface area (Å²) < 4.78 is 13.6. The van der Waals surface area contributed by atoms with Crippen LogP contribution in [-0.4, -0.2) is 42.2 Å². The number of para-hydroxylation sites is 1. The van der Waals surface area contributed by atoms with Gasteiger partial charge in [-0.05, 0) is 62.1 Å². The molecule has 1 aromatic heterocycles. The molecule has 0 spiro atoms. The van der Waals surface area contributed by atoms with Gasteiger partial charge in [-0.3, -0.25) is 0 Å². The van der Waals surface area contributed by atoms with Crippen molar-refractivity contribution in [2.24, 2.45) is 0 Å². The Hall–Kier alpha value is -3.28. The van der Waals surface area contributed by atoms with Crippen molar-refractivity contribution in [3.8, 4) is 5.75 Å². The Balaban J connectivity index is 1.69. The van der Waals surface area contributed by atoms with E-state index in [1.165, 1.54) is 12.8 Å². The van der Waals surface area contributed by atoms with Crippen LogP contribution in [0, 0.1) is 0 Å². The molecular formula is C32H35ClN2O3. The van der Waals surface area contributed by atoms with Crippen LogP contribution in [0.2, 0.25) is 0 Å². The number of esters is 1. The fourth-order valence-electron chi connectivity index (χ4n) is 5.65. The van der Waals surface area contributed by atoms with Crippen molar-refractivity contribution < 1.29 is 14.3 Å². The molecule has 1 N–H and O–H groups in total. The number of hydrogen-bond acceptors (Lipinski definition) is 4. The smallest absolute Gasteiger partial charge is 0.355 e. The summed E-state index contributed by atoms with van der Waals surface area (Å²) in [6.07, 6.45) is 3.34. The first-order valence-corrected chi connectivity index (χ1v) is 14.1. The lowest BCUT2D eigenvalue weighted by Crippen LogP contribution is -2.24. The van der Waals surface area contributed by atoms with Crippen molar-refractivity contribution >= 4 is 28.5 Å². The molecule has 0 radical (unpaired) electrons. The van der Waals surface area contributed by atoms with E-state index in [0.29, 0.717) is 30.8 Å². The maximum Gasteiger partial charge on any atom is 0.355 e. The van der Waals surface area contributed by atoms with Crippen LogP contribution >= 0.6 is 11.6 Å². The number of fused-ring (bicyclic) bond motifs is 1. The molecule has 2 heterocycles. The molecule has 2 atom stereocenters. The van der Waals surface area contributed by atoms with Crippen LogP contribution in [0.4, 0.5) is 0 Å². The number of ether oxygens (including phenoxy) is 2. The standard InChI is InChI=1S/C32H35ClN2O3/c1-2-37-32(36)31-30(27-12-6-7-13-28(27)35(31)21-18-25-11-8-20-34-25)29(23-9-4-3-5-10-23)24-14-16-26(17-15-24)38-22-19-33/h3-7,9-10,12-17,25,29,34H,2,8,11,18-22H2,1H3. The van der Waals surface area contributed by atoms with E-state index in [1.807, 2.05) is 31.2 Å². The Kier molecular flexibility index (Phi) is 8.67. The second-order valence-electron chi connectivity index (χ2n) is 9.68. The van der Waals surface area contributed by atoms with Crippen LogP contribution < -0.4 is 10.1 Å². The van der Waals surface area contributed by atoms with Crippen molar-refractivity contribution in [3.63, 3.8) is 0 Å². The number of hydrogen-bond donors (Lipinski definition) is 1. The highest BCUT2D eigenvalue weighted by molar-refractivity contribution is 6.18. The van der Waals surface area contributed by atoms with Crippen LogP contribution in [-0.2, 0) is 11.3 Å². The molecule has 0 aliphatic carbocycles. The zero-order chi connectivity index (χ0) is 26.3. The number of carbonyl (C=O) groups excluding carboxylic acids is 1. The summed E-state index contributed by atoms with van der Waals surface area (Å²) in [5.41, 5.74) is 4.89. The van der Waals surface area contributed by atoms with Gasteiger partial charge in [0.25, 0.3) is 0 Å². The minimum absolute atomic E-state index is 0.159. The van der Waals surface area contributed by atoms with Gasteiger partial charge in [0.2, 0.25) is 0 Å². The summed E-state index contributed by atoms with van der Waals surface area (Å²) in [5, 5.41) is 4.68. The zero-order valence-corrected chi connectivity index (χ0v) is 22.6. The molecule has 1 fully saturated rings. The van der Waals surface area contributed by atoms with Gasteiger partial charge < -0.3 is 19.4 Å². The van der Waals surface area contributed by atoms with E-state index < -0.39 is 0 Å². The number of carbonyl (C=O) groups is 1. The van der Waals surface area contributed by atoms with E-state index in [1.54, 1.807) is 0 Å². The van der Waals surface area contributed by atoms with Crippen molar-refractivity contribution in [3.05, 3.63) is 101 Å². The number of halogens is 1. The third kappa shape index (κ3) is 5.59. The molecule has 198 valence electrons. The quantitative estimate of drug-likeness (QED) is 0.172. The van der Waals surface area contributed by atoms with Crippen molar-refractivity contribution in [2.75, 3.05) is 25.6 Å². The molecule has 6 heteroatoms. The molecule has 3 aromatic carbocycles. The summed E-state index contributed by atoms with van der Waals surface area (Å²) in [7, 11) is 0. The summed E-state index contributed by atoms with van der Waals surface area (Å²) in [6.45, 7) is 4.46. The third-order valence-electron chi connectivity index (χ3n) is 7.32. The predicted molar refractivity (Wildman–Crippen MR) is 154 cm³/mol. The van der Waals surface area contributed by atoms with Gasteiger partial charge in [-0.15, -0.1) is 11.6 Å². The number of aryl methyl sites for hydroxylation is 1. The lowest BCUT2D eigenvalue weighted by Gasteiger charge is -2.21. The molecule has 1 aliphatic rings. The van der Waals surface area contributed by atoms with E-state index in [-0.39, 0.29) is 11.9 Å². The minimum Gasteiger partial charge on any atom is -0.492 e. The van der Waals surface area contributed by atoms with E-state index in [2.05, 4.69) is 64.5 Å². The fourth-order valence-corrected chi connectivity index (χ4v) is 5.72. The Bertz CT molecular complexity index is 1340. The third-order valence-corrected chi connectivity index (χ3v) is 7.48. The lowest BCUT2D eigenvalue weighted by atomic mass is 9.83. The number of aromatic nitrogens is 1. The summed E-state index contributed by atoms with van der Waals surface area (Å²) in [5.74, 6) is 0.778. The Labute approximate surface area is 229 Å². The molecule has 4 aromatic rings. The van der Waals surface area contributed by atoms with Gasteiger partial charge in [0.15, 0.2) is 0 Å². The highest BCUT2D eigenvalue weighted by Gasteiger charge is 2.31. The average Bonchev–Trinajstić information content (AvgIpc) is 3.59. The molecule has 1 aliphatic heterocycles. The Morgan fingerprint density at radius 2 is 1.76 bits per heavy atom.